The third-order valence-electron chi connectivity index (χ3n) is 1.38. The van der Waals surface area contributed by atoms with Gasteiger partial charge in [0.15, 0.2) is 0 Å². The molecule has 1 aliphatic heterocycles. The molecular weight excluding hydrogens is 144 g/mol. The van der Waals surface area contributed by atoms with Gasteiger partial charge in [-0.3, -0.25) is 0 Å². The van der Waals surface area contributed by atoms with Crippen molar-refractivity contribution in [2.24, 2.45) is 21.7 Å². The second kappa shape index (κ2) is 3.92. The Labute approximate surface area is 65.1 Å². The number of hydrogen-bond donors (Lipinski definition) is 2. The Kier molecular flexibility index (Phi) is 2.85. The molecule has 4 N–H and O–H groups in total. The average molecular weight is 156 g/mol. The van der Waals surface area contributed by atoms with Gasteiger partial charge < -0.3 is 16.2 Å². The zero-order valence-electron chi connectivity index (χ0n) is 6.29. The van der Waals surface area contributed by atoms with E-state index in [9.17, 15) is 0 Å². The molecule has 0 atom stereocenters. The molecule has 1 rings (SSSR count). The summed E-state index contributed by atoms with van der Waals surface area (Å²) < 4.78 is 5.11. The summed E-state index contributed by atoms with van der Waals surface area (Å²) >= 11 is 0. The zero-order chi connectivity index (χ0) is 8.10. The van der Waals surface area contributed by atoms with Crippen LogP contribution in [0, 0.1) is 0 Å². The number of nitrogens with zero attached hydrogens (tertiary/aromatic N) is 2. The highest BCUT2D eigenvalue weighted by Gasteiger charge is 2.05. The number of hydrogen-bond acceptors (Lipinski definition) is 3. The first-order chi connectivity index (χ1) is 5.29. The van der Waals surface area contributed by atoms with Crippen molar-refractivity contribution in [3.8, 4) is 0 Å². The summed E-state index contributed by atoms with van der Waals surface area (Å²) in [7, 11) is 0. The second-order valence-electron chi connectivity index (χ2n) is 2.30. The van der Waals surface area contributed by atoms with E-state index in [1.54, 1.807) is 0 Å². The van der Waals surface area contributed by atoms with Gasteiger partial charge in [-0.05, 0) is 0 Å². The van der Waals surface area contributed by atoms with E-state index >= 15 is 0 Å². The fourth-order valence-electron chi connectivity index (χ4n) is 0.835. The summed E-state index contributed by atoms with van der Waals surface area (Å²) in [6.45, 7) is 1.44. The monoisotopic (exact) mass is 156 g/mol. The van der Waals surface area contributed by atoms with Crippen molar-refractivity contribution < 1.29 is 4.74 Å². The van der Waals surface area contributed by atoms with Crippen LogP contribution in [0.5, 0.6) is 0 Å². The first kappa shape index (κ1) is 8.00. The highest BCUT2D eigenvalue weighted by atomic mass is 16.5. The normalized spacial score (nSPS) is 17.6. The van der Waals surface area contributed by atoms with E-state index in [-0.39, 0.29) is 5.96 Å². The Morgan fingerprint density at radius 1 is 1.27 bits per heavy atom. The Morgan fingerprint density at radius 3 is 2.45 bits per heavy atom. The van der Waals surface area contributed by atoms with Crippen LogP contribution in [0.25, 0.3) is 0 Å². The first-order valence-corrected chi connectivity index (χ1v) is 3.51. The minimum Gasteiger partial charge on any atom is -0.381 e. The van der Waals surface area contributed by atoms with Crippen LogP contribution < -0.4 is 11.5 Å². The molecule has 0 bridgehead atoms. The maximum Gasteiger partial charge on any atom is 0.211 e. The number of nitrogens with two attached hydrogens (primary N) is 2. The minimum absolute atomic E-state index is 0.00370. The highest BCUT2D eigenvalue weighted by molar-refractivity contribution is 5.86. The number of guanidine groups is 1. The average Bonchev–Trinajstić information content (AvgIpc) is 2.03. The highest BCUT2D eigenvalue weighted by Crippen LogP contribution is 2.02. The van der Waals surface area contributed by atoms with Crippen molar-refractivity contribution in [3.05, 3.63) is 0 Å². The predicted octanol–water partition coefficient (Wildman–Crippen LogP) is -0.574. The minimum atomic E-state index is 0.00370. The van der Waals surface area contributed by atoms with Gasteiger partial charge in [0.2, 0.25) is 5.96 Å². The summed E-state index contributed by atoms with van der Waals surface area (Å²) in [4.78, 5) is 0. The molecule has 0 unspecified atom stereocenters. The van der Waals surface area contributed by atoms with Crippen molar-refractivity contribution in [2.75, 3.05) is 13.2 Å². The maximum atomic E-state index is 5.11. The summed E-state index contributed by atoms with van der Waals surface area (Å²) in [5.74, 6) is 0.00370. The first-order valence-electron chi connectivity index (χ1n) is 3.51. The maximum absolute atomic E-state index is 5.11. The Bertz CT molecular complexity index is 175. The molecule has 0 saturated carbocycles. The third-order valence-corrected chi connectivity index (χ3v) is 1.38. The van der Waals surface area contributed by atoms with Gasteiger partial charge in [-0.15, -0.1) is 5.10 Å². The standard InChI is InChI=1S/C6H12N4O/c7-6(8)10-9-5-1-3-11-4-2-5/h1-4H2,(H4,7,8,10). The smallest absolute Gasteiger partial charge is 0.211 e. The number of rotatable bonds is 1. The molecule has 0 spiro atoms. The van der Waals surface area contributed by atoms with Gasteiger partial charge in [0, 0.05) is 18.6 Å². The van der Waals surface area contributed by atoms with Crippen LogP contribution >= 0.6 is 0 Å². The lowest BCUT2D eigenvalue weighted by Gasteiger charge is -2.11. The van der Waals surface area contributed by atoms with E-state index in [0.29, 0.717) is 0 Å². The van der Waals surface area contributed by atoms with Gasteiger partial charge in [-0.1, -0.05) is 0 Å². The zero-order valence-corrected chi connectivity index (χ0v) is 6.29. The molecule has 0 amide bonds. The molecule has 0 aromatic rings. The van der Waals surface area contributed by atoms with E-state index in [4.69, 9.17) is 16.2 Å². The lowest BCUT2D eigenvalue weighted by molar-refractivity contribution is 0.134. The molecule has 1 aliphatic rings. The SMILES string of the molecule is NC(N)=NN=C1CCOCC1. The summed E-state index contributed by atoms with van der Waals surface area (Å²) in [5.41, 5.74) is 11.2. The van der Waals surface area contributed by atoms with Gasteiger partial charge in [0.1, 0.15) is 0 Å². The van der Waals surface area contributed by atoms with Crippen molar-refractivity contribution in [1.82, 2.24) is 0 Å². The van der Waals surface area contributed by atoms with E-state index in [1.165, 1.54) is 0 Å². The Balaban J connectivity index is 2.44. The van der Waals surface area contributed by atoms with Crippen LogP contribution in [-0.4, -0.2) is 24.9 Å². The van der Waals surface area contributed by atoms with Crippen LogP contribution in [-0.2, 0) is 4.74 Å². The van der Waals surface area contributed by atoms with E-state index in [2.05, 4.69) is 10.2 Å². The van der Waals surface area contributed by atoms with E-state index in [0.717, 1.165) is 31.8 Å². The van der Waals surface area contributed by atoms with Crippen LogP contribution in [0.3, 0.4) is 0 Å². The van der Waals surface area contributed by atoms with Crippen LogP contribution in [0.15, 0.2) is 10.2 Å². The largest absolute Gasteiger partial charge is 0.381 e. The Hall–Kier alpha value is -1.10. The molecule has 1 saturated heterocycles. The van der Waals surface area contributed by atoms with Crippen LogP contribution in [0.1, 0.15) is 12.8 Å². The molecule has 0 aromatic heterocycles. The molecule has 1 heterocycles. The lowest BCUT2D eigenvalue weighted by Crippen LogP contribution is -2.22. The van der Waals surface area contributed by atoms with Crippen LogP contribution in [0.4, 0.5) is 0 Å². The van der Waals surface area contributed by atoms with Crippen molar-refractivity contribution in [1.29, 1.82) is 0 Å². The topological polar surface area (TPSA) is 86.0 Å². The molecule has 5 nitrogen and oxygen atoms in total. The second-order valence-corrected chi connectivity index (χ2v) is 2.30. The van der Waals surface area contributed by atoms with Crippen molar-refractivity contribution in [3.63, 3.8) is 0 Å². The summed E-state index contributed by atoms with van der Waals surface area (Å²) in [6, 6.07) is 0. The number of ether oxygens (including phenoxy) is 1. The quantitative estimate of drug-likeness (QED) is 0.303. The van der Waals surface area contributed by atoms with Crippen LogP contribution in [0.2, 0.25) is 0 Å². The molecule has 0 aliphatic carbocycles. The molecule has 1 fully saturated rings. The fraction of sp³-hybridized carbons (Fsp3) is 0.667. The molecule has 0 radical (unpaired) electrons. The molecule has 62 valence electrons. The van der Waals surface area contributed by atoms with Gasteiger partial charge >= 0.3 is 0 Å². The molecule has 0 aromatic carbocycles. The van der Waals surface area contributed by atoms with E-state index in [1.807, 2.05) is 0 Å². The van der Waals surface area contributed by atoms with Gasteiger partial charge in [0.05, 0.1) is 13.2 Å². The third kappa shape index (κ3) is 2.99. The lowest BCUT2D eigenvalue weighted by atomic mass is 10.2. The van der Waals surface area contributed by atoms with Crippen molar-refractivity contribution >= 4 is 11.7 Å². The summed E-state index contributed by atoms with van der Waals surface area (Å²) in [6.07, 6.45) is 1.66. The molecule has 11 heavy (non-hydrogen) atoms. The Morgan fingerprint density at radius 2 is 1.91 bits per heavy atom. The molecular formula is C6H12N4O. The predicted molar refractivity (Wildman–Crippen MR) is 43.3 cm³/mol. The molecule has 5 heteroatoms. The van der Waals surface area contributed by atoms with Gasteiger partial charge in [0.25, 0.3) is 0 Å². The van der Waals surface area contributed by atoms with Crippen molar-refractivity contribution in [2.45, 2.75) is 12.8 Å². The van der Waals surface area contributed by atoms with Gasteiger partial charge in [-0.2, -0.15) is 5.10 Å². The van der Waals surface area contributed by atoms with Gasteiger partial charge in [-0.25, -0.2) is 0 Å². The fourth-order valence-corrected chi connectivity index (χ4v) is 0.835. The van der Waals surface area contributed by atoms with E-state index < -0.39 is 0 Å². The summed E-state index contributed by atoms with van der Waals surface area (Å²) in [5, 5.41) is 7.41.